The van der Waals surface area contributed by atoms with Crippen molar-refractivity contribution >= 4 is 163 Å². The van der Waals surface area contributed by atoms with Crippen LogP contribution in [0, 0.1) is 0 Å². The standard InChI is InChI=1S/C62H36N2O2S2/c1-3-17-37(18-4-1)63(49-29-15-27-45-41-23-11-13-31-53(41)65-61(45)49)51-34-57-59(43-25-9-7-21-39(43)51)47-33-48-56(36-55(47)67-57)68-58-35-52(40-22-8-10-26-44(40)60(48)58)64(38-19-5-2-6-20-38)50-30-16-28-46-42-24-12-14-32-54(42)66-62(46)50/h1-36H. The maximum absolute atomic E-state index is 6.70. The molecular weight excluding hydrogens is 869 g/mol. The maximum atomic E-state index is 6.70. The number of para-hydroxylation sites is 6. The summed E-state index contributed by atoms with van der Waals surface area (Å²) in [7, 11) is 0. The van der Waals surface area contributed by atoms with Crippen molar-refractivity contribution in [1.82, 2.24) is 0 Å². The van der Waals surface area contributed by atoms with Crippen LogP contribution in [0.15, 0.2) is 227 Å². The average molecular weight is 905 g/mol. The van der Waals surface area contributed by atoms with E-state index >= 15 is 0 Å². The van der Waals surface area contributed by atoms with E-state index < -0.39 is 0 Å². The van der Waals surface area contributed by atoms with E-state index in [1.807, 2.05) is 34.8 Å². The first-order valence-corrected chi connectivity index (χ1v) is 24.5. The molecule has 0 unspecified atom stereocenters. The zero-order valence-corrected chi connectivity index (χ0v) is 37.9. The highest BCUT2D eigenvalue weighted by Gasteiger charge is 2.26. The Morgan fingerprint density at radius 2 is 0.647 bits per heavy atom. The molecule has 0 amide bonds. The average Bonchev–Trinajstić information content (AvgIpc) is 4.17. The Morgan fingerprint density at radius 3 is 1.10 bits per heavy atom. The number of fused-ring (bicyclic) bond motifs is 16. The van der Waals surface area contributed by atoms with Gasteiger partial charge in [0.25, 0.3) is 0 Å². The van der Waals surface area contributed by atoms with Crippen LogP contribution in [-0.2, 0) is 0 Å². The molecule has 68 heavy (non-hydrogen) atoms. The fourth-order valence-electron chi connectivity index (χ4n) is 10.9. The molecule has 0 saturated carbocycles. The van der Waals surface area contributed by atoms with Crippen LogP contribution in [0.3, 0.4) is 0 Å². The van der Waals surface area contributed by atoms with Gasteiger partial charge in [0, 0.05) is 84.0 Å². The van der Waals surface area contributed by atoms with E-state index in [2.05, 4.69) is 216 Å². The molecule has 0 aliphatic rings. The Bertz CT molecular complexity index is 4240. The van der Waals surface area contributed by atoms with Gasteiger partial charge in [0.1, 0.15) is 11.2 Å². The van der Waals surface area contributed by atoms with Gasteiger partial charge in [-0.25, -0.2) is 0 Å². The van der Waals surface area contributed by atoms with E-state index in [0.29, 0.717) is 0 Å². The van der Waals surface area contributed by atoms with Crippen LogP contribution in [0.25, 0.3) is 106 Å². The lowest BCUT2D eigenvalue weighted by atomic mass is 9.98. The monoisotopic (exact) mass is 904 g/mol. The molecule has 0 N–H and O–H groups in total. The van der Waals surface area contributed by atoms with Gasteiger partial charge in [-0.15, -0.1) is 22.7 Å². The summed E-state index contributed by atoms with van der Waals surface area (Å²) in [5.41, 5.74) is 9.92. The lowest BCUT2D eigenvalue weighted by molar-refractivity contribution is 0.669. The second-order valence-corrected chi connectivity index (χ2v) is 19.7. The van der Waals surface area contributed by atoms with Crippen LogP contribution >= 0.6 is 22.7 Å². The lowest BCUT2D eigenvalue weighted by Crippen LogP contribution is -2.10. The molecule has 0 spiro atoms. The Hall–Kier alpha value is -8.42. The number of hydrogen-bond acceptors (Lipinski definition) is 6. The van der Waals surface area contributed by atoms with E-state index in [4.69, 9.17) is 8.83 Å². The van der Waals surface area contributed by atoms with Gasteiger partial charge in [-0.1, -0.05) is 146 Å². The molecule has 11 aromatic carbocycles. The third-order valence-electron chi connectivity index (χ3n) is 13.8. The molecule has 4 nitrogen and oxygen atoms in total. The van der Waals surface area contributed by atoms with Gasteiger partial charge in [-0.2, -0.15) is 0 Å². The summed E-state index contributed by atoms with van der Waals surface area (Å²) < 4.78 is 18.5. The molecule has 4 aromatic heterocycles. The molecule has 6 heteroatoms. The molecule has 0 aliphatic heterocycles. The molecule has 4 heterocycles. The first-order valence-electron chi connectivity index (χ1n) is 22.9. The van der Waals surface area contributed by atoms with Crippen LogP contribution in [0.5, 0.6) is 0 Å². The van der Waals surface area contributed by atoms with Gasteiger partial charge in [0.15, 0.2) is 11.2 Å². The minimum absolute atomic E-state index is 0.874. The van der Waals surface area contributed by atoms with E-state index in [1.54, 1.807) is 0 Å². The van der Waals surface area contributed by atoms with Crippen molar-refractivity contribution in [1.29, 1.82) is 0 Å². The van der Waals surface area contributed by atoms with E-state index in [-0.39, 0.29) is 0 Å². The number of benzene rings is 11. The number of hydrogen-bond donors (Lipinski definition) is 0. The molecule has 15 rings (SSSR count). The summed E-state index contributed by atoms with van der Waals surface area (Å²) in [6.07, 6.45) is 0. The van der Waals surface area contributed by atoms with Crippen molar-refractivity contribution in [2.24, 2.45) is 0 Å². The number of nitrogens with zero attached hydrogens (tertiary/aromatic N) is 2. The quantitative estimate of drug-likeness (QED) is 0.166. The summed E-state index contributed by atoms with van der Waals surface area (Å²) in [5.74, 6) is 0. The number of anilines is 6. The van der Waals surface area contributed by atoms with Crippen LogP contribution in [0.2, 0.25) is 0 Å². The van der Waals surface area contributed by atoms with Crippen LogP contribution in [-0.4, -0.2) is 0 Å². The smallest absolute Gasteiger partial charge is 0.159 e. The zero-order chi connectivity index (χ0) is 44.5. The third kappa shape index (κ3) is 5.47. The molecule has 0 bridgehead atoms. The van der Waals surface area contributed by atoms with Crippen molar-refractivity contribution in [2.75, 3.05) is 9.80 Å². The highest BCUT2D eigenvalue weighted by atomic mass is 32.1. The Labute approximate surface area is 397 Å². The Morgan fingerprint density at radius 1 is 0.265 bits per heavy atom. The molecule has 0 radical (unpaired) electrons. The lowest BCUT2D eigenvalue weighted by Gasteiger charge is -2.27. The predicted octanol–water partition coefficient (Wildman–Crippen LogP) is 19.5. The number of rotatable bonds is 6. The van der Waals surface area contributed by atoms with Gasteiger partial charge in [-0.05, 0) is 83.6 Å². The third-order valence-corrected chi connectivity index (χ3v) is 16.0. The van der Waals surface area contributed by atoms with Crippen LogP contribution in [0.4, 0.5) is 34.1 Å². The predicted molar refractivity (Wildman–Crippen MR) is 291 cm³/mol. The van der Waals surface area contributed by atoms with Gasteiger partial charge >= 0.3 is 0 Å². The maximum Gasteiger partial charge on any atom is 0.159 e. The van der Waals surface area contributed by atoms with Crippen molar-refractivity contribution in [3.05, 3.63) is 218 Å². The van der Waals surface area contributed by atoms with Crippen molar-refractivity contribution in [3.63, 3.8) is 0 Å². The largest absolute Gasteiger partial charge is 0.454 e. The summed E-state index contributed by atoms with van der Waals surface area (Å²) in [5, 5.41) is 14.4. The highest BCUT2D eigenvalue weighted by molar-refractivity contribution is 7.28. The first kappa shape index (κ1) is 37.8. The highest BCUT2D eigenvalue weighted by Crippen LogP contribution is 2.52. The summed E-state index contributed by atoms with van der Waals surface area (Å²) in [6, 6.07) is 78.7. The van der Waals surface area contributed by atoms with Crippen molar-refractivity contribution in [3.8, 4) is 0 Å². The fraction of sp³-hybridized carbons (Fsp3) is 0. The minimum Gasteiger partial charge on any atom is -0.454 e. The van der Waals surface area contributed by atoms with Gasteiger partial charge in [-0.3, -0.25) is 0 Å². The van der Waals surface area contributed by atoms with E-state index in [9.17, 15) is 0 Å². The van der Waals surface area contributed by atoms with E-state index in [0.717, 1.165) is 78.0 Å². The summed E-state index contributed by atoms with van der Waals surface area (Å²) >= 11 is 3.75. The molecule has 15 aromatic rings. The molecule has 318 valence electrons. The second kappa shape index (κ2) is 14.5. The normalized spacial score (nSPS) is 12.1. The summed E-state index contributed by atoms with van der Waals surface area (Å²) in [6.45, 7) is 0. The molecule has 0 atom stereocenters. The van der Waals surface area contributed by atoms with E-state index in [1.165, 1.54) is 61.9 Å². The fourth-order valence-corrected chi connectivity index (χ4v) is 13.3. The number of thiophene rings is 2. The zero-order valence-electron chi connectivity index (χ0n) is 36.3. The van der Waals surface area contributed by atoms with Crippen LogP contribution < -0.4 is 9.80 Å². The minimum atomic E-state index is 0.874. The van der Waals surface area contributed by atoms with Crippen molar-refractivity contribution < 1.29 is 8.83 Å². The number of furan rings is 2. The molecular formula is C62H36N2O2S2. The topological polar surface area (TPSA) is 32.8 Å². The SMILES string of the molecule is c1ccc(N(c2cc3sc4cc5sc6cc(N(c7ccccc7)c7cccc8c7oc7ccccc78)c7ccccc7c6c5cc4c3c3ccccc23)c2cccc3c2oc2ccccc23)cc1. The van der Waals surface area contributed by atoms with Gasteiger partial charge in [0.2, 0.25) is 0 Å². The molecule has 0 saturated heterocycles. The molecule has 0 fully saturated rings. The summed E-state index contributed by atoms with van der Waals surface area (Å²) in [4.78, 5) is 4.78. The Balaban J connectivity index is 0.964. The van der Waals surface area contributed by atoms with Crippen LogP contribution in [0.1, 0.15) is 0 Å². The van der Waals surface area contributed by atoms with Gasteiger partial charge < -0.3 is 18.6 Å². The van der Waals surface area contributed by atoms with Crippen molar-refractivity contribution in [2.45, 2.75) is 0 Å². The Kier molecular flexibility index (Phi) is 8.07. The van der Waals surface area contributed by atoms with Gasteiger partial charge in [0.05, 0.1) is 22.7 Å². The first-order chi connectivity index (χ1) is 33.7. The molecule has 0 aliphatic carbocycles. The second-order valence-electron chi connectivity index (χ2n) is 17.5.